The number of likely N-dealkylation sites (tertiary alicyclic amines) is 1. The van der Waals surface area contributed by atoms with Crippen LogP contribution in [0.5, 0.6) is 0 Å². The standard InChI is InChI=1S/C16H30N2O2/c1-4-16(5-2)12-13(9-11-20-16)18-10-7-8-14(15(18)19)17-6-3/h13-14,17H,4-12H2,1-3H3. The highest BCUT2D eigenvalue weighted by atomic mass is 16.5. The van der Waals surface area contributed by atoms with Crippen LogP contribution in [0.25, 0.3) is 0 Å². The zero-order chi connectivity index (χ0) is 14.6. The van der Waals surface area contributed by atoms with Crippen molar-refractivity contribution < 1.29 is 9.53 Å². The molecule has 0 spiro atoms. The van der Waals surface area contributed by atoms with E-state index in [1.165, 1.54) is 0 Å². The fourth-order valence-electron chi connectivity index (χ4n) is 3.71. The average molecular weight is 282 g/mol. The lowest BCUT2D eigenvalue weighted by Crippen LogP contribution is -2.57. The first kappa shape index (κ1) is 15.8. The Balaban J connectivity index is 2.04. The number of amides is 1. The molecule has 2 saturated heterocycles. The molecule has 2 rings (SSSR count). The van der Waals surface area contributed by atoms with Crippen molar-refractivity contribution in [3.8, 4) is 0 Å². The lowest BCUT2D eigenvalue weighted by atomic mass is 9.84. The normalized spacial score (nSPS) is 30.6. The van der Waals surface area contributed by atoms with Crippen LogP contribution in [0.4, 0.5) is 0 Å². The Morgan fingerprint density at radius 2 is 2.05 bits per heavy atom. The summed E-state index contributed by atoms with van der Waals surface area (Å²) in [5.41, 5.74) is -0.00563. The van der Waals surface area contributed by atoms with Crippen molar-refractivity contribution in [2.24, 2.45) is 0 Å². The van der Waals surface area contributed by atoms with Gasteiger partial charge in [0.05, 0.1) is 11.6 Å². The summed E-state index contributed by atoms with van der Waals surface area (Å²) in [6, 6.07) is 0.409. The molecule has 0 aromatic heterocycles. The van der Waals surface area contributed by atoms with Crippen LogP contribution in [0.1, 0.15) is 59.3 Å². The minimum atomic E-state index is -0.00563. The smallest absolute Gasteiger partial charge is 0.239 e. The zero-order valence-corrected chi connectivity index (χ0v) is 13.3. The van der Waals surface area contributed by atoms with Crippen LogP contribution >= 0.6 is 0 Å². The number of hydrogen-bond acceptors (Lipinski definition) is 3. The first-order valence-corrected chi connectivity index (χ1v) is 8.33. The second kappa shape index (κ2) is 6.90. The van der Waals surface area contributed by atoms with Gasteiger partial charge >= 0.3 is 0 Å². The summed E-state index contributed by atoms with van der Waals surface area (Å²) in [4.78, 5) is 14.8. The van der Waals surface area contributed by atoms with Gasteiger partial charge in [-0.15, -0.1) is 0 Å². The van der Waals surface area contributed by atoms with Gasteiger partial charge in [-0.2, -0.15) is 0 Å². The molecule has 4 heteroatoms. The molecule has 20 heavy (non-hydrogen) atoms. The number of nitrogens with one attached hydrogen (secondary N) is 1. The molecule has 0 saturated carbocycles. The maximum absolute atomic E-state index is 12.6. The van der Waals surface area contributed by atoms with Crippen LogP contribution in [-0.2, 0) is 9.53 Å². The third kappa shape index (κ3) is 3.17. The van der Waals surface area contributed by atoms with Gasteiger partial charge in [0, 0.05) is 19.2 Å². The molecular weight excluding hydrogens is 252 g/mol. The molecule has 1 N–H and O–H groups in total. The van der Waals surface area contributed by atoms with Crippen LogP contribution in [0, 0.1) is 0 Å². The maximum Gasteiger partial charge on any atom is 0.239 e. The zero-order valence-electron chi connectivity index (χ0n) is 13.3. The molecule has 1 amide bonds. The van der Waals surface area contributed by atoms with Crippen molar-refractivity contribution in [2.45, 2.75) is 77.0 Å². The van der Waals surface area contributed by atoms with E-state index in [2.05, 4.69) is 31.0 Å². The second-order valence-electron chi connectivity index (χ2n) is 6.17. The number of ether oxygens (including phenoxy) is 1. The van der Waals surface area contributed by atoms with E-state index < -0.39 is 0 Å². The number of hydrogen-bond donors (Lipinski definition) is 1. The summed E-state index contributed by atoms with van der Waals surface area (Å²) in [5, 5.41) is 3.33. The van der Waals surface area contributed by atoms with E-state index >= 15 is 0 Å². The second-order valence-corrected chi connectivity index (χ2v) is 6.17. The fraction of sp³-hybridized carbons (Fsp3) is 0.938. The van der Waals surface area contributed by atoms with Gasteiger partial charge in [-0.1, -0.05) is 20.8 Å². The quantitative estimate of drug-likeness (QED) is 0.841. The van der Waals surface area contributed by atoms with Crippen LogP contribution < -0.4 is 5.32 Å². The molecule has 4 nitrogen and oxygen atoms in total. The Hall–Kier alpha value is -0.610. The Bertz CT molecular complexity index is 326. The number of piperidine rings is 1. The highest BCUT2D eigenvalue weighted by molar-refractivity contribution is 5.83. The minimum Gasteiger partial charge on any atom is -0.375 e. The van der Waals surface area contributed by atoms with Crippen molar-refractivity contribution in [3.63, 3.8) is 0 Å². The first-order valence-electron chi connectivity index (χ1n) is 8.33. The Kier molecular flexibility index (Phi) is 5.44. The van der Waals surface area contributed by atoms with Crippen molar-refractivity contribution in [1.29, 1.82) is 0 Å². The number of carbonyl (C=O) groups is 1. The molecule has 0 bridgehead atoms. The monoisotopic (exact) mass is 282 g/mol. The van der Waals surface area contributed by atoms with E-state index in [-0.39, 0.29) is 11.6 Å². The van der Waals surface area contributed by atoms with E-state index in [0.29, 0.717) is 11.9 Å². The van der Waals surface area contributed by atoms with Crippen molar-refractivity contribution in [2.75, 3.05) is 19.7 Å². The number of nitrogens with zero attached hydrogens (tertiary/aromatic N) is 1. The lowest BCUT2D eigenvalue weighted by Gasteiger charge is -2.46. The predicted molar refractivity (Wildman–Crippen MR) is 80.7 cm³/mol. The fourth-order valence-corrected chi connectivity index (χ4v) is 3.71. The highest BCUT2D eigenvalue weighted by Gasteiger charge is 2.40. The highest BCUT2D eigenvalue weighted by Crippen LogP contribution is 2.34. The summed E-state index contributed by atoms with van der Waals surface area (Å²) in [5.74, 6) is 0.311. The molecule has 0 aliphatic carbocycles. The minimum absolute atomic E-state index is 0.00563. The topological polar surface area (TPSA) is 41.6 Å². The van der Waals surface area contributed by atoms with Crippen LogP contribution in [-0.4, -0.2) is 48.2 Å². The van der Waals surface area contributed by atoms with Gasteiger partial charge < -0.3 is 15.0 Å². The van der Waals surface area contributed by atoms with Crippen LogP contribution in [0.15, 0.2) is 0 Å². The molecule has 2 aliphatic heterocycles. The van der Waals surface area contributed by atoms with Gasteiger partial charge in [0.1, 0.15) is 0 Å². The van der Waals surface area contributed by atoms with E-state index in [4.69, 9.17) is 4.74 Å². The molecule has 2 heterocycles. The first-order chi connectivity index (χ1) is 9.65. The van der Waals surface area contributed by atoms with Gasteiger partial charge in [-0.25, -0.2) is 0 Å². The van der Waals surface area contributed by atoms with Gasteiger partial charge in [0.25, 0.3) is 0 Å². The molecule has 0 aromatic carbocycles. The Morgan fingerprint density at radius 3 is 2.70 bits per heavy atom. The maximum atomic E-state index is 12.6. The van der Waals surface area contributed by atoms with Gasteiger partial charge in [0.2, 0.25) is 5.91 Å². The van der Waals surface area contributed by atoms with E-state index in [0.717, 1.165) is 58.2 Å². The van der Waals surface area contributed by atoms with Gasteiger partial charge in [-0.3, -0.25) is 4.79 Å². The van der Waals surface area contributed by atoms with E-state index in [1.54, 1.807) is 0 Å². The summed E-state index contributed by atoms with van der Waals surface area (Å²) < 4.78 is 6.04. The number of carbonyl (C=O) groups excluding carboxylic acids is 1. The third-order valence-electron chi connectivity index (χ3n) is 5.12. The van der Waals surface area contributed by atoms with Gasteiger partial charge in [-0.05, 0) is 45.1 Å². The molecular formula is C16H30N2O2. The average Bonchev–Trinajstić information content (AvgIpc) is 2.49. The van der Waals surface area contributed by atoms with E-state index in [1.807, 2.05) is 0 Å². The van der Waals surface area contributed by atoms with Crippen molar-refractivity contribution in [1.82, 2.24) is 10.2 Å². The summed E-state index contributed by atoms with van der Waals surface area (Å²) >= 11 is 0. The van der Waals surface area contributed by atoms with Crippen LogP contribution in [0.2, 0.25) is 0 Å². The van der Waals surface area contributed by atoms with Crippen LogP contribution in [0.3, 0.4) is 0 Å². The number of likely N-dealkylation sites (N-methyl/N-ethyl adjacent to an activating group) is 1. The third-order valence-corrected chi connectivity index (χ3v) is 5.12. The molecule has 116 valence electrons. The van der Waals surface area contributed by atoms with Crippen molar-refractivity contribution in [3.05, 3.63) is 0 Å². The molecule has 2 aliphatic rings. The Morgan fingerprint density at radius 1 is 1.30 bits per heavy atom. The summed E-state index contributed by atoms with van der Waals surface area (Å²) in [7, 11) is 0. The van der Waals surface area contributed by atoms with E-state index in [9.17, 15) is 4.79 Å². The molecule has 2 fully saturated rings. The molecule has 0 radical (unpaired) electrons. The summed E-state index contributed by atoms with van der Waals surface area (Å²) in [6.07, 6.45) is 6.18. The summed E-state index contributed by atoms with van der Waals surface area (Å²) in [6.45, 7) is 9.05. The molecule has 2 unspecified atom stereocenters. The Labute approximate surface area is 123 Å². The van der Waals surface area contributed by atoms with Crippen molar-refractivity contribution >= 4 is 5.91 Å². The largest absolute Gasteiger partial charge is 0.375 e. The molecule has 0 aromatic rings. The van der Waals surface area contributed by atoms with Gasteiger partial charge in [0.15, 0.2) is 0 Å². The SMILES string of the molecule is CCNC1CCCN(C2CCOC(CC)(CC)C2)C1=O. The predicted octanol–water partition coefficient (Wildman–Crippen LogP) is 2.32. The molecule has 2 atom stereocenters. The number of rotatable bonds is 5. The lowest BCUT2D eigenvalue weighted by molar-refractivity contribution is -0.149.